The number of hydrogen-bond acceptors (Lipinski definition) is 4. The number of rotatable bonds is 4. The predicted molar refractivity (Wildman–Crippen MR) is 92.2 cm³/mol. The van der Waals surface area contributed by atoms with Gasteiger partial charge in [0.05, 0.1) is 12.9 Å². The third-order valence-electron chi connectivity index (χ3n) is 5.56. The average Bonchev–Trinajstić information content (AvgIpc) is 2.49. The number of amides is 1. The van der Waals surface area contributed by atoms with Crippen LogP contribution in [0.25, 0.3) is 0 Å². The summed E-state index contributed by atoms with van der Waals surface area (Å²) in [7, 11) is 0. The molecule has 0 N–H and O–H groups in total. The minimum absolute atomic E-state index is 0.0702. The van der Waals surface area contributed by atoms with Crippen molar-refractivity contribution in [3.05, 3.63) is 24.5 Å². The lowest BCUT2D eigenvalue weighted by Crippen LogP contribution is -2.60. The molecule has 5 nitrogen and oxygen atoms in total. The van der Waals surface area contributed by atoms with Crippen molar-refractivity contribution in [2.75, 3.05) is 19.7 Å². The Balaban J connectivity index is 2.30. The van der Waals surface area contributed by atoms with E-state index >= 15 is 0 Å². The highest BCUT2D eigenvalue weighted by Gasteiger charge is 2.54. The molecular weight excluding hydrogens is 306 g/mol. The summed E-state index contributed by atoms with van der Waals surface area (Å²) >= 11 is 0. The molecular formula is C19H29NO4. The van der Waals surface area contributed by atoms with Crippen molar-refractivity contribution in [2.24, 2.45) is 16.7 Å². The molecule has 2 rings (SSSR count). The largest absolute Gasteiger partial charge is 0.463 e. The summed E-state index contributed by atoms with van der Waals surface area (Å²) in [5.41, 5.74) is 0.515. The van der Waals surface area contributed by atoms with Gasteiger partial charge in [0, 0.05) is 18.7 Å². The quantitative estimate of drug-likeness (QED) is 0.444. The summed E-state index contributed by atoms with van der Waals surface area (Å²) in [6.45, 7) is 13.1. The molecule has 1 saturated carbocycles. The lowest BCUT2D eigenvalue weighted by Gasteiger charge is -2.58. The van der Waals surface area contributed by atoms with Crippen molar-refractivity contribution in [3.63, 3.8) is 0 Å². The molecule has 1 heterocycles. The zero-order chi connectivity index (χ0) is 18.0. The van der Waals surface area contributed by atoms with Crippen LogP contribution in [0.15, 0.2) is 24.5 Å². The number of hydrogen-bond donors (Lipinski definition) is 0. The smallest absolute Gasteiger partial charge is 0.414 e. The lowest BCUT2D eigenvalue weighted by molar-refractivity contribution is -0.138. The summed E-state index contributed by atoms with van der Waals surface area (Å²) in [5, 5.41) is 0. The summed E-state index contributed by atoms with van der Waals surface area (Å²) < 4.78 is 10.1. The molecule has 134 valence electrons. The van der Waals surface area contributed by atoms with Crippen LogP contribution in [0.1, 0.15) is 47.0 Å². The topological polar surface area (TPSA) is 55.8 Å². The molecule has 0 aromatic heterocycles. The maximum Gasteiger partial charge on any atom is 0.414 e. The van der Waals surface area contributed by atoms with E-state index in [9.17, 15) is 9.59 Å². The van der Waals surface area contributed by atoms with E-state index in [0.717, 1.165) is 19.3 Å². The van der Waals surface area contributed by atoms with Gasteiger partial charge in [-0.3, -0.25) is 0 Å². The van der Waals surface area contributed by atoms with Crippen molar-refractivity contribution >= 4 is 12.1 Å². The van der Waals surface area contributed by atoms with E-state index in [1.807, 2.05) is 13.8 Å². The maximum atomic E-state index is 12.2. The van der Waals surface area contributed by atoms with E-state index in [1.165, 1.54) is 6.26 Å². The Bertz CT molecular complexity index is 536. The van der Waals surface area contributed by atoms with Gasteiger partial charge in [0.25, 0.3) is 0 Å². The Labute approximate surface area is 144 Å². The van der Waals surface area contributed by atoms with Crippen LogP contribution in [0.4, 0.5) is 4.79 Å². The van der Waals surface area contributed by atoms with E-state index < -0.39 is 0 Å². The molecule has 0 aromatic rings. The van der Waals surface area contributed by atoms with E-state index in [2.05, 4.69) is 26.5 Å². The van der Waals surface area contributed by atoms with Gasteiger partial charge in [-0.1, -0.05) is 32.9 Å². The molecule has 0 radical (unpaired) electrons. The summed E-state index contributed by atoms with van der Waals surface area (Å²) in [6, 6.07) is 0. The molecule has 1 aliphatic carbocycles. The molecule has 1 aliphatic heterocycles. The van der Waals surface area contributed by atoms with E-state index in [4.69, 9.17) is 9.47 Å². The monoisotopic (exact) mass is 335 g/mol. The van der Waals surface area contributed by atoms with Crippen LogP contribution in [0, 0.1) is 16.7 Å². The number of ether oxygens (including phenoxy) is 2. The van der Waals surface area contributed by atoms with Gasteiger partial charge in [0.1, 0.15) is 0 Å². The fourth-order valence-corrected chi connectivity index (χ4v) is 4.57. The van der Waals surface area contributed by atoms with Crippen LogP contribution in [-0.2, 0) is 14.3 Å². The van der Waals surface area contributed by atoms with Crippen molar-refractivity contribution in [1.82, 2.24) is 4.90 Å². The van der Waals surface area contributed by atoms with E-state index in [-0.39, 0.29) is 28.8 Å². The highest BCUT2D eigenvalue weighted by molar-refractivity contribution is 5.87. The normalized spacial score (nSPS) is 32.9. The van der Waals surface area contributed by atoms with Gasteiger partial charge < -0.3 is 14.4 Å². The lowest BCUT2D eigenvalue weighted by atomic mass is 9.53. The van der Waals surface area contributed by atoms with E-state index in [1.54, 1.807) is 4.90 Å². The number of fused-ring (bicyclic) bond motifs is 2. The number of nitrogens with zero attached hydrogens (tertiary/aromatic N) is 1. The molecule has 1 unspecified atom stereocenters. The molecule has 0 spiro atoms. The molecule has 0 aromatic carbocycles. The maximum absolute atomic E-state index is 12.2. The van der Waals surface area contributed by atoms with Crippen LogP contribution in [0.5, 0.6) is 0 Å². The number of esters is 1. The molecule has 2 aliphatic rings. The van der Waals surface area contributed by atoms with Gasteiger partial charge in [0.2, 0.25) is 0 Å². The van der Waals surface area contributed by atoms with Crippen LogP contribution in [-0.4, -0.2) is 36.7 Å². The van der Waals surface area contributed by atoms with Crippen molar-refractivity contribution in [1.29, 1.82) is 0 Å². The van der Waals surface area contributed by atoms with Crippen molar-refractivity contribution in [2.45, 2.75) is 47.0 Å². The van der Waals surface area contributed by atoms with Crippen molar-refractivity contribution in [3.8, 4) is 0 Å². The molecule has 2 fully saturated rings. The summed E-state index contributed by atoms with van der Waals surface area (Å²) in [6.07, 6.45) is 6.11. The first-order valence-corrected chi connectivity index (χ1v) is 8.68. The molecule has 5 heteroatoms. The number of carbonyl (C=O) groups excluding carboxylic acids is 2. The molecule has 1 saturated heterocycles. The van der Waals surface area contributed by atoms with Gasteiger partial charge in [-0.25, -0.2) is 9.59 Å². The number of carbonyl (C=O) groups is 2. The van der Waals surface area contributed by atoms with Crippen LogP contribution in [0.2, 0.25) is 0 Å². The standard InChI is InChI=1S/C19H29NO4/c1-6-23-16(21)14(3)11-15-18(4)9-8-10-19(15,5)13-20(12-18)17(22)24-7-2/h7,11,15H,2,6,8-10,12-13H2,1,3-5H3/b14-11+/t15?,18-,19+. The van der Waals surface area contributed by atoms with Crippen LogP contribution < -0.4 is 0 Å². The Morgan fingerprint density at radius 1 is 1.25 bits per heavy atom. The minimum Gasteiger partial charge on any atom is -0.463 e. The first-order chi connectivity index (χ1) is 11.3. The second-order valence-electron chi connectivity index (χ2n) is 7.62. The van der Waals surface area contributed by atoms with Crippen LogP contribution >= 0.6 is 0 Å². The van der Waals surface area contributed by atoms with Gasteiger partial charge in [-0.05, 0) is 43.4 Å². The number of piperidine rings is 1. The Kier molecular flexibility index (Phi) is 5.41. The zero-order valence-electron chi connectivity index (χ0n) is 15.3. The average molecular weight is 335 g/mol. The van der Waals surface area contributed by atoms with Gasteiger partial charge in [0.15, 0.2) is 0 Å². The highest BCUT2D eigenvalue weighted by Crippen LogP contribution is 2.56. The predicted octanol–water partition coefficient (Wildman–Crippen LogP) is 3.90. The molecule has 2 bridgehead atoms. The fourth-order valence-electron chi connectivity index (χ4n) is 4.57. The van der Waals surface area contributed by atoms with Crippen molar-refractivity contribution < 1.29 is 19.1 Å². The fraction of sp³-hybridized carbons (Fsp3) is 0.684. The second-order valence-corrected chi connectivity index (χ2v) is 7.62. The first kappa shape index (κ1) is 18.6. The van der Waals surface area contributed by atoms with Crippen LogP contribution in [0.3, 0.4) is 0 Å². The third kappa shape index (κ3) is 3.50. The second kappa shape index (κ2) is 6.99. The summed E-state index contributed by atoms with van der Waals surface area (Å²) in [5.74, 6) is -0.0211. The zero-order valence-corrected chi connectivity index (χ0v) is 15.3. The number of allylic oxidation sites excluding steroid dienone is 1. The minimum atomic E-state index is -0.339. The Morgan fingerprint density at radius 3 is 2.33 bits per heavy atom. The molecule has 3 atom stereocenters. The van der Waals surface area contributed by atoms with E-state index in [0.29, 0.717) is 25.3 Å². The summed E-state index contributed by atoms with van der Waals surface area (Å²) in [4.78, 5) is 26.0. The molecule has 24 heavy (non-hydrogen) atoms. The Hall–Kier alpha value is -1.78. The first-order valence-electron chi connectivity index (χ1n) is 8.68. The van der Waals surface area contributed by atoms with Gasteiger partial charge in [-0.15, -0.1) is 0 Å². The molecule has 1 amide bonds. The number of likely N-dealkylation sites (tertiary alicyclic amines) is 1. The highest BCUT2D eigenvalue weighted by atomic mass is 16.5. The van der Waals surface area contributed by atoms with Gasteiger partial charge >= 0.3 is 12.1 Å². The van der Waals surface area contributed by atoms with Gasteiger partial charge in [-0.2, -0.15) is 0 Å². The Morgan fingerprint density at radius 2 is 1.83 bits per heavy atom. The SMILES string of the molecule is C=COC(=O)N1C[C@]2(C)CCC[C@](C)(C1)C2/C=C(\C)C(=O)OCC. The third-order valence-corrected chi connectivity index (χ3v) is 5.56.